The lowest BCUT2D eigenvalue weighted by Gasteiger charge is -2.30. The van der Waals surface area contributed by atoms with Gasteiger partial charge in [0.25, 0.3) is 0 Å². The normalized spacial score (nSPS) is 21.2. The largest absolute Gasteiger partial charge is 0.374 e. The number of Topliss-reactive ketones (excluding diaryl/α,β-unsaturated/α-hetero) is 1. The molecule has 1 saturated heterocycles. The predicted molar refractivity (Wildman–Crippen MR) is 106 cm³/mol. The SMILES string of the molecule is Cc1ccc2c(c1)C(=O)C1(O)CCN(c3ccc4ncc(C)cc4c3)C1=N2. The lowest BCUT2D eigenvalue weighted by atomic mass is 9.87. The van der Waals surface area contributed by atoms with Crippen LogP contribution in [-0.4, -0.2) is 33.9 Å². The number of aromatic nitrogens is 1. The molecule has 5 nitrogen and oxygen atoms in total. The maximum atomic E-state index is 13.0. The number of benzene rings is 2. The van der Waals surface area contributed by atoms with Gasteiger partial charge in [-0.05, 0) is 55.8 Å². The first-order chi connectivity index (χ1) is 13.0. The Morgan fingerprint density at radius 1 is 1.07 bits per heavy atom. The third kappa shape index (κ3) is 2.32. The summed E-state index contributed by atoms with van der Waals surface area (Å²) in [7, 11) is 0. The molecule has 5 rings (SSSR count). The van der Waals surface area contributed by atoms with Gasteiger partial charge in [0.05, 0.1) is 11.2 Å². The number of anilines is 1. The van der Waals surface area contributed by atoms with Gasteiger partial charge in [0.1, 0.15) is 5.84 Å². The molecule has 134 valence electrons. The van der Waals surface area contributed by atoms with Gasteiger partial charge in [0, 0.05) is 35.8 Å². The average molecular weight is 357 g/mol. The van der Waals surface area contributed by atoms with Crippen molar-refractivity contribution in [3.05, 3.63) is 65.4 Å². The number of aliphatic hydroxyl groups is 1. The maximum absolute atomic E-state index is 13.0. The van der Waals surface area contributed by atoms with Crippen molar-refractivity contribution >= 4 is 33.9 Å². The Morgan fingerprint density at radius 3 is 2.78 bits per heavy atom. The molecule has 5 heteroatoms. The fourth-order valence-electron chi connectivity index (χ4n) is 4.00. The molecule has 3 heterocycles. The molecule has 0 spiro atoms. The van der Waals surface area contributed by atoms with Gasteiger partial charge in [-0.2, -0.15) is 0 Å². The van der Waals surface area contributed by atoms with E-state index in [9.17, 15) is 9.90 Å². The number of carbonyl (C=O) groups excluding carboxylic acids is 1. The minimum absolute atomic E-state index is 0.257. The molecule has 1 atom stereocenters. The zero-order valence-corrected chi connectivity index (χ0v) is 15.2. The van der Waals surface area contributed by atoms with E-state index in [4.69, 9.17) is 0 Å². The molecule has 1 N–H and O–H groups in total. The summed E-state index contributed by atoms with van der Waals surface area (Å²) in [6.45, 7) is 4.48. The van der Waals surface area contributed by atoms with E-state index in [1.54, 1.807) is 0 Å². The van der Waals surface area contributed by atoms with Crippen molar-refractivity contribution in [1.29, 1.82) is 0 Å². The molecule has 1 unspecified atom stereocenters. The molecule has 2 aliphatic rings. The number of hydrogen-bond acceptors (Lipinski definition) is 5. The number of fused-ring (bicyclic) bond motifs is 3. The van der Waals surface area contributed by atoms with Gasteiger partial charge in [-0.1, -0.05) is 11.6 Å². The Morgan fingerprint density at radius 2 is 1.93 bits per heavy atom. The molecule has 1 fully saturated rings. The molecule has 3 aromatic rings. The van der Waals surface area contributed by atoms with Gasteiger partial charge in [0.2, 0.25) is 5.78 Å². The number of hydrogen-bond donors (Lipinski definition) is 1. The smallest absolute Gasteiger partial charge is 0.204 e. The zero-order valence-electron chi connectivity index (χ0n) is 15.2. The highest BCUT2D eigenvalue weighted by atomic mass is 16.3. The Balaban J connectivity index is 1.65. The molecular formula is C22H19N3O2. The second kappa shape index (κ2) is 5.47. The molecule has 2 aromatic carbocycles. The number of ketones is 1. The van der Waals surface area contributed by atoms with Crippen molar-refractivity contribution in [3.8, 4) is 0 Å². The lowest BCUT2D eigenvalue weighted by Crippen LogP contribution is -2.48. The molecule has 0 bridgehead atoms. The maximum Gasteiger partial charge on any atom is 0.204 e. The molecule has 0 aliphatic carbocycles. The van der Waals surface area contributed by atoms with Crippen LogP contribution in [0.2, 0.25) is 0 Å². The number of rotatable bonds is 1. The van der Waals surface area contributed by atoms with E-state index >= 15 is 0 Å². The van der Waals surface area contributed by atoms with Crippen LogP contribution in [-0.2, 0) is 0 Å². The summed E-state index contributed by atoms with van der Waals surface area (Å²) in [6.07, 6.45) is 2.18. The van der Waals surface area contributed by atoms with E-state index in [0.29, 0.717) is 30.1 Å². The van der Waals surface area contributed by atoms with E-state index in [0.717, 1.165) is 27.7 Å². The van der Waals surface area contributed by atoms with Crippen LogP contribution in [0, 0.1) is 13.8 Å². The van der Waals surface area contributed by atoms with Crippen LogP contribution in [0.5, 0.6) is 0 Å². The molecule has 0 radical (unpaired) electrons. The lowest BCUT2D eigenvalue weighted by molar-refractivity contribution is 0.0602. The van der Waals surface area contributed by atoms with Gasteiger partial charge in [-0.25, -0.2) is 4.99 Å². The van der Waals surface area contributed by atoms with E-state index in [-0.39, 0.29) is 5.78 Å². The fraction of sp³-hybridized carbons (Fsp3) is 0.227. The zero-order chi connectivity index (χ0) is 18.8. The van der Waals surface area contributed by atoms with Crippen LogP contribution < -0.4 is 4.90 Å². The van der Waals surface area contributed by atoms with Crippen LogP contribution in [0.1, 0.15) is 27.9 Å². The highest BCUT2D eigenvalue weighted by Crippen LogP contribution is 2.40. The molecule has 27 heavy (non-hydrogen) atoms. The summed E-state index contributed by atoms with van der Waals surface area (Å²) in [6, 6.07) is 13.6. The molecule has 0 amide bonds. The highest BCUT2D eigenvalue weighted by molar-refractivity contribution is 6.28. The van der Waals surface area contributed by atoms with E-state index < -0.39 is 5.60 Å². The predicted octanol–water partition coefficient (Wildman–Crippen LogP) is 3.72. The van der Waals surface area contributed by atoms with Crippen LogP contribution >= 0.6 is 0 Å². The summed E-state index contributed by atoms with van der Waals surface area (Å²) in [5.74, 6) is 0.163. The van der Waals surface area contributed by atoms with Gasteiger partial charge >= 0.3 is 0 Å². The average Bonchev–Trinajstić information content (AvgIpc) is 3.00. The second-order valence-electron chi connectivity index (χ2n) is 7.44. The van der Waals surface area contributed by atoms with Crippen molar-refractivity contribution in [1.82, 2.24) is 4.98 Å². The third-order valence-electron chi connectivity index (χ3n) is 5.43. The van der Waals surface area contributed by atoms with Crippen LogP contribution in [0.4, 0.5) is 11.4 Å². The summed E-state index contributed by atoms with van der Waals surface area (Å²) in [4.78, 5) is 24.1. The van der Waals surface area contributed by atoms with E-state index in [1.807, 2.05) is 61.3 Å². The number of nitrogens with zero attached hydrogens (tertiary/aromatic N) is 3. The van der Waals surface area contributed by atoms with Gasteiger partial charge in [-0.3, -0.25) is 9.78 Å². The van der Waals surface area contributed by atoms with Crippen LogP contribution in [0.15, 0.2) is 53.7 Å². The first-order valence-corrected chi connectivity index (χ1v) is 9.07. The summed E-state index contributed by atoms with van der Waals surface area (Å²) >= 11 is 0. The number of aryl methyl sites for hydroxylation is 2. The second-order valence-corrected chi connectivity index (χ2v) is 7.44. The van der Waals surface area contributed by atoms with Gasteiger partial charge in [-0.15, -0.1) is 0 Å². The summed E-state index contributed by atoms with van der Waals surface area (Å²) in [5.41, 5.74) is 3.47. The van der Waals surface area contributed by atoms with Crippen molar-refractivity contribution < 1.29 is 9.90 Å². The third-order valence-corrected chi connectivity index (χ3v) is 5.43. The Bertz CT molecular complexity index is 1150. The van der Waals surface area contributed by atoms with Crippen molar-refractivity contribution in [2.45, 2.75) is 25.9 Å². The van der Waals surface area contributed by atoms with Crippen molar-refractivity contribution in [3.63, 3.8) is 0 Å². The number of pyridine rings is 1. The quantitative estimate of drug-likeness (QED) is 0.721. The fourth-order valence-corrected chi connectivity index (χ4v) is 4.00. The number of carbonyl (C=O) groups is 1. The minimum Gasteiger partial charge on any atom is -0.374 e. The van der Waals surface area contributed by atoms with Gasteiger partial charge in [0.15, 0.2) is 5.60 Å². The topological polar surface area (TPSA) is 65.8 Å². The van der Waals surface area contributed by atoms with Crippen molar-refractivity contribution in [2.75, 3.05) is 11.4 Å². The monoisotopic (exact) mass is 357 g/mol. The number of amidine groups is 1. The first-order valence-electron chi connectivity index (χ1n) is 9.07. The highest BCUT2D eigenvalue weighted by Gasteiger charge is 2.52. The molecule has 1 aromatic heterocycles. The van der Waals surface area contributed by atoms with Gasteiger partial charge < -0.3 is 10.0 Å². The first kappa shape index (κ1) is 16.1. The Labute approximate surface area is 157 Å². The number of aliphatic imine (C=N–C) groups is 1. The van der Waals surface area contributed by atoms with E-state index in [1.165, 1.54) is 0 Å². The Hall–Kier alpha value is -3.05. The Kier molecular flexibility index (Phi) is 3.27. The molecule has 2 aliphatic heterocycles. The minimum atomic E-state index is -1.55. The standard InChI is InChI=1S/C22H19N3O2/c1-13-3-5-19-17(10-13)20(26)22(27)7-8-25(21(22)24-19)16-4-6-18-15(11-16)9-14(2)12-23-18/h3-6,9-12,27H,7-8H2,1-2H3. The van der Waals surface area contributed by atoms with E-state index in [2.05, 4.69) is 16.0 Å². The van der Waals surface area contributed by atoms with Crippen molar-refractivity contribution in [2.24, 2.45) is 4.99 Å². The molecule has 0 saturated carbocycles. The molecular weight excluding hydrogens is 338 g/mol. The summed E-state index contributed by atoms with van der Waals surface area (Å²) in [5, 5.41) is 12.2. The van der Waals surface area contributed by atoms with Crippen LogP contribution in [0.3, 0.4) is 0 Å². The van der Waals surface area contributed by atoms with Crippen LogP contribution in [0.25, 0.3) is 10.9 Å². The summed E-state index contributed by atoms with van der Waals surface area (Å²) < 4.78 is 0.